The third-order valence-corrected chi connectivity index (χ3v) is 4.88. The van der Waals surface area contributed by atoms with Crippen LogP contribution in [0.1, 0.15) is 32.8 Å². The molecule has 0 saturated heterocycles. The fourth-order valence-corrected chi connectivity index (χ4v) is 3.02. The van der Waals surface area contributed by atoms with Gasteiger partial charge in [0.2, 0.25) is 5.91 Å². The molecule has 1 aromatic carbocycles. The van der Waals surface area contributed by atoms with Crippen molar-refractivity contribution in [1.82, 2.24) is 5.32 Å². The summed E-state index contributed by atoms with van der Waals surface area (Å²) in [6, 6.07) is 7.83. The Morgan fingerprint density at radius 3 is 2.78 bits per heavy atom. The van der Waals surface area contributed by atoms with Crippen LogP contribution in [0.5, 0.6) is 5.75 Å². The molecule has 1 aliphatic rings. The number of ether oxygens (including phenoxy) is 2. The van der Waals surface area contributed by atoms with Crippen molar-refractivity contribution in [2.75, 3.05) is 19.8 Å². The predicted octanol–water partition coefficient (Wildman–Crippen LogP) is 2.02. The van der Waals surface area contributed by atoms with Gasteiger partial charge in [0.05, 0.1) is 12.6 Å². The molecule has 0 radical (unpaired) electrons. The second kappa shape index (κ2) is 6.89. The summed E-state index contributed by atoms with van der Waals surface area (Å²) < 4.78 is 11.3. The minimum Gasteiger partial charge on any atom is -0.492 e. The maximum Gasteiger partial charge on any atom is 0.240 e. The maximum absolute atomic E-state index is 12.4. The summed E-state index contributed by atoms with van der Waals surface area (Å²) in [5.74, 6) is 0.674. The number of rotatable bonds is 7. The van der Waals surface area contributed by atoms with Gasteiger partial charge in [-0.15, -0.1) is 0 Å². The zero-order chi connectivity index (χ0) is 17.1. The van der Waals surface area contributed by atoms with Crippen LogP contribution in [-0.2, 0) is 9.53 Å². The van der Waals surface area contributed by atoms with Crippen LogP contribution in [-0.4, -0.2) is 37.3 Å². The van der Waals surface area contributed by atoms with Crippen LogP contribution < -0.4 is 15.8 Å². The number of nitrogens with two attached hydrogens (primary N) is 1. The molecule has 23 heavy (non-hydrogen) atoms. The van der Waals surface area contributed by atoms with Gasteiger partial charge in [-0.05, 0) is 31.5 Å². The normalized spacial score (nSPS) is 25.5. The molecule has 2 unspecified atom stereocenters. The number of carbonyl (C=O) groups excluding carboxylic acids is 1. The van der Waals surface area contributed by atoms with Gasteiger partial charge in [-0.1, -0.05) is 26.0 Å². The molecule has 1 fully saturated rings. The fourth-order valence-electron chi connectivity index (χ4n) is 3.02. The van der Waals surface area contributed by atoms with Crippen molar-refractivity contribution in [1.29, 1.82) is 0 Å². The first kappa shape index (κ1) is 17.8. The molecular weight excluding hydrogens is 292 g/mol. The topological polar surface area (TPSA) is 73.6 Å². The predicted molar refractivity (Wildman–Crippen MR) is 90.4 cm³/mol. The van der Waals surface area contributed by atoms with Gasteiger partial charge in [-0.3, -0.25) is 4.79 Å². The highest BCUT2D eigenvalue weighted by Crippen LogP contribution is 2.49. The number of benzene rings is 1. The van der Waals surface area contributed by atoms with E-state index in [0.29, 0.717) is 26.2 Å². The summed E-state index contributed by atoms with van der Waals surface area (Å²) in [7, 11) is 0. The molecule has 0 bridgehead atoms. The second-order valence-corrected chi connectivity index (χ2v) is 6.76. The van der Waals surface area contributed by atoms with E-state index in [1.807, 2.05) is 52.0 Å². The van der Waals surface area contributed by atoms with Gasteiger partial charge in [0, 0.05) is 18.4 Å². The van der Waals surface area contributed by atoms with Crippen molar-refractivity contribution in [3.8, 4) is 5.75 Å². The fraction of sp³-hybridized carbons (Fsp3) is 0.611. The van der Waals surface area contributed by atoms with Gasteiger partial charge in [0.1, 0.15) is 17.9 Å². The van der Waals surface area contributed by atoms with Crippen LogP contribution >= 0.6 is 0 Å². The highest BCUT2D eigenvalue weighted by molar-refractivity contribution is 5.88. The standard InChI is InChI=1S/C18H28N2O3/c1-5-22-15-12-18(19,17(15,3)4)16(21)20-9-10-23-14-8-6-7-13(2)11-14/h6-8,11,15H,5,9-10,12,19H2,1-4H3,(H,20,21). The largest absolute Gasteiger partial charge is 0.492 e. The average Bonchev–Trinajstić information content (AvgIpc) is 2.51. The summed E-state index contributed by atoms with van der Waals surface area (Å²) in [5.41, 5.74) is 6.22. The van der Waals surface area contributed by atoms with E-state index >= 15 is 0 Å². The molecule has 2 rings (SSSR count). The number of nitrogens with one attached hydrogen (secondary N) is 1. The Balaban J connectivity index is 1.79. The van der Waals surface area contributed by atoms with Gasteiger partial charge in [-0.25, -0.2) is 0 Å². The minimum atomic E-state index is -0.879. The first-order chi connectivity index (χ1) is 10.8. The first-order valence-corrected chi connectivity index (χ1v) is 8.19. The number of hydrogen-bond donors (Lipinski definition) is 2. The summed E-state index contributed by atoms with van der Waals surface area (Å²) in [5, 5.41) is 2.88. The van der Waals surface area contributed by atoms with Crippen molar-refractivity contribution >= 4 is 5.91 Å². The number of amides is 1. The highest BCUT2D eigenvalue weighted by Gasteiger charge is 2.62. The van der Waals surface area contributed by atoms with Crippen molar-refractivity contribution in [2.45, 2.75) is 45.8 Å². The Morgan fingerprint density at radius 1 is 1.43 bits per heavy atom. The maximum atomic E-state index is 12.4. The first-order valence-electron chi connectivity index (χ1n) is 8.19. The quantitative estimate of drug-likeness (QED) is 0.754. The molecule has 3 N–H and O–H groups in total. The third kappa shape index (κ3) is 3.51. The van der Waals surface area contributed by atoms with E-state index in [1.165, 1.54) is 0 Å². The van der Waals surface area contributed by atoms with E-state index in [1.54, 1.807) is 0 Å². The van der Waals surface area contributed by atoms with E-state index < -0.39 is 5.54 Å². The Morgan fingerprint density at radius 2 is 2.17 bits per heavy atom. The van der Waals surface area contributed by atoms with E-state index in [9.17, 15) is 4.79 Å². The van der Waals surface area contributed by atoms with Crippen LogP contribution in [0, 0.1) is 12.3 Å². The lowest BCUT2D eigenvalue weighted by molar-refractivity contribution is -0.170. The Bertz CT molecular complexity index is 559. The molecule has 0 heterocycles. The van der Waals surface area contributed by atoms with Crippen LogP contribution in [0.25, 0.3) is 0 Å². The Hall–Kier alpha value is -1.59. The lowest BCUT2D eigenvalue weighted by Crippen LogP contribution is -2.75. The van der Waals surface area contributed by atoms with Gasteiger partial charge in [-0.2, -0.15) is 0 Å². The van der Waals surface area contributed by atoms with Gasteiger partial charge < -0.3 is 20.5 Å². The molecule has 1 amide bonds. The smallest absolute Gasteiger partial charge is 0.240 e. The lowest BCUT2D eigenvalue weighted by Gasteiger charge is -2.57. The molecule has 5 nitrogen and oxygen atoms in total. The van der Waals surface area contributed by atoms with Crippen molar-refractivity contribution < 1.29 is 14.3 Å². The molecule has 0 spiro atoms. The Labute approximate surface area is 138 Å². The molecule has 5 heteroatoms. The van der Waals surface area contributed by atoms with Crippen LogP contribution in [0.4, 0.5) is 0 Å². The van der Waals surface area contributed by atoms with Crippen molar-refractivity contribution in [3.63, 3.8) is 0 Å². The molecule has 2 atom stereocenters. The highest BCUT2D eigenvalue weighted by atomic mass is 16.5. The number of aryl methyl sites for hydroxylation is 1. The lowest BCUT2D eigenvalue weighted by atomic mass is 9.54. The summed E-state index contributed by atoms with van der Waals surface area (Å²) in [6.45, 7) is 9.42. The van der Waals surface area contributed by atoms with Gasteiger partial charge >= 0.3 is 0 Å². The summed E-state index contributed by atoms with van der Waals surface area (Å²) in [4.78, 5) is 12.4. The zero-order valence-corrected chi connectivity index (χ0v) is 14.5. The SMILES string of the molecule is CCOC1CC(N)(C(=O)NCCOc2cccc(C)c2)C1(C)C. The Kier molecular flexibility index (Phi) is 5.32. The van der Waals surface area contributed by atoms with Crippen molar-refractivity contribution in [3.05, 3.63) is 29.8 Å². The third-order valence-electron chi connectivity index (χ3n) is 4.88. The minimum absolute atomic E-state index is 0.0341. The van der Waals surface area contributed by atoms with Gasteiger partial charge in [0.15, 0.2) is 0 Å². The molecular formula is C18H28N2O3. The molecule has 128 valence electrons. The molecule has 0 aliphatic heterocycles. The van der Waals surface area contributed by atoms with E-state index in [2.05, 4.69) is 5.32 Å². The van der Waals surface area contributed by atoms with E-state index in [0.717, 1.165) is 11.3 Å². The van der Waals surface area contributed by atoms with Crippen LogP contribution in [0.2, 0.25) is 0 Å². The second-order valence-electron chi connectivity index (χ2n) is 6.76. The molecule has 0 aromatic heterocycles. The summed E-state index contributed by atoms with van der Waals surface area (Å²) in [6.07, 6.45) is 0.588. The van der Waals surface area contributed by atoms with E-state index in [-0.39, 0.29) is 17.4 Å². The van der Waals surface area contributed by atoms with Crippen LogP contribution in [0.3, 0.4) is 0 Å². The molecule has 1 saturated carbocycles. The van der Waals surface area contributed by atoms with Crippen LogP contribution in [0.15, 0.2) is 24.3 Å². The monoisotopic (exact) mass is 320 g/mol. The summed E-state index contributed by atoms with van der Waals surface area (Å²) >= 11 is 0. The number of hydrogen-bond acceptors (Lipinski definition) is 4. The van der Waals surface area contributed by atoms with Gasteiger partial charge in [0.25, 0.3) is 0 Å². The van der Waals surface area contributed by atoms with E-state index in [4.69, 9.17) is 15.2 Å². The number of carbonyl (C=O) groups is 1. The molecule has 1 aromatic rings. The zero-order valence-electron chi connectivity index (χ0n) is 14.5. The average molecular weight is 320 g/mol. The molecule has 1 aliphatic carbocycles. The van der Waals surface area contributed by atoms with Crippen molar-refractivity contribution in [2.24, 2.45) is 11.1 Å².